The Hall–Kier alpha value is -3.52. The van der Waals surface area contributed by atoms with Crippen molar-refractivity contribution in [3.63, 3.8) is 0 Å². The molecule has 8 nitrogen and oxygen atoms in total. The summed E-state index contributed by atoms with van der Waals surface area (Å²) in [5.74, 6) is 0.752. The van der Waals surface area contributed by atoms with Gasteiger partial charge >= 0.3 is 0 Å². The number of rotatable bonds is 7. The lowest BCUT2D eigenvalue weighted by atomic mass is 10.0. The van der Waals surface area contributed by atoms with Crippen LogP contribution in [-0.4, -0.2) is 41.7 Å². The van der Waals surface area contributed by atoms with Crippen molar-refractivity contribution in [3.05, 3.63) is 76.9 Å². The van der Waals surface area contributed by atoms with E-state index in [4.69, 9.17) is 30.7 Å². The van der Waals surface area contributed by atoms with Crippen molar-refractivity contribution in [1.29, 1.82) is 0 Å². The van der Waals surface area contributed by atoms with Crippen LogP contribution >= 0.6 is 11.6 Å². The van der Waals surface area contributed by atoms with Gasteiger partial charge in [0.1, 0.15) is 20.3 Å². The van der Waals surface area contributed by atoms with Crippen LogP contribution in [0.25, 0.3) is 5.69 Å². The highest BCUT2D eigenvalue weighted by Gasteiger charge is 2.21. The molecule has 30 heavy (non-hydrogen) atoms. The third-order valence-electron chi connectivity index (χ3n) is 4.25. The SMILES string of the molecule is CO/N=C(\C1=NOCCO1)c1ccccc1COc1ccn(-c2ccc(Cl)cc2)n1. The largest absolute Gasteiger partial charge is 0.472 e. The molecular formula is C21H19ClN4O4. The maximum Gasteiger partial charge on any atom is 0.280 e. The number of halogens is 1. The molecule has 154 valence electrons. The molecule has 0 spiro atoms. The van der Waals surface area contributed by atoms with E-state index in [1.807, 2.05) is 54.7 Å². The Kier molecular flexibility index (Phi) is 6.14. The van der Waals surface area contributed by atoms with Crippen LogP contribution in [0.3, 0.4) is 0 Å². The van der Waals surface area contributed by atoms with Gasteiger partial charge in [-0.25, -0.2) is 4.68 Å². The van der Waals surface area contributed by atoms with E-state index in [2.05, 4.69) is 15.4 Å². The minimum Gasteiger partial charge on any atom is -0.472 e. The van der Waals surface area contributed by atoms with Crippen LogP contribution < -0.4 is 4.74 Å². The van der Waals surface area contributed by atoms with Crippen LogP contribution in [0.15, 0.2) is 71.1 Å². The molecule has 2 heterocycles. The van der Waals surface area contributed by atoms with Gasteiger partial charge in [0.25, 0.3) is 5.90 Å². The van der Waals surface area contributed by atoms with E-state index >= 15 is 0 Å². The summed E-state index contributed by atoms with van der Waals surface area (Å²) < 4.78 is 13.2. The summed E-state index contributed by atoms with van der Waals surface area (Å²) in [6, 6.07) is 16.8. The molecule has 1 aliphatic heterocycles. The minimum atomic E-state index is 0.266. The van der Waals surface area contributed by atoms with Crippen LogP contribution in [0.1, 0.15) is 11.1 Å². The average molecular weight is 427 g/mol. The zero-order valence-corrected chi connectivity index (χ0v) is 17.0. The Morgan fingerprint density at radius 3 is 2.73 bits per heavy atom. The smallest absolute Gasteiger partial charge is 0.280 e. The van der Waals surface area contributed by atoms with E-state index in [1.165, 1.54) is 7.11 Å². The van der Waals surface area contributed by atoms with Crippen LogP contribution in [0.5, 0.6) is 5.88 Å². The molecular weight excluding hydrogens is 408 g/mol. The molecule has 3 aromatic rings. The lowest BCUT2D eigenvalue weighted by Crippen LogP contribution is -2.26. The standard InChI is InChI=1S/C21H19ClN4O4/c1-27-24-20(21-25-30-13-12-28-21)18-5-3-2-4-15(18)14-29-19-10-11-26(23-19)17-8-6-16(22)7-9-17/h2-11H,12-14H2,1H3/b24-20-. The van der Waals surface area contributed by atoms with Gasteiger partial charge in [0.15, 0.2) is 12.3 Å². The van der Waals surface area contributed by atoms with Crippen molar-refractivity contribution in [1.82, 2.24) is 9.78 Å². The second-order valence-electron chi connectivity index (χ2n) is 6.22. The zero-order valence-electron chi connectivity index (χ0n) is 16.2. The first-order chi connectivity index (χ1) is 14.7. The van der Waals surface area contributed by atoms with Gasteiger partial charge < -0.3 is 19.1 Å². The van der Waals surface area contributed by atoms with Gasteiger partial charge in [0.05, 0.1) is 5.69 Å². The number of aromatic nitrogens is 2. The summed E-state index contributed by atoms with van der Waals surface area (Å²) in [4.78, 5) is 10.1. The Bertz CT molecular complexity index is 1060. The highest BCUT2D eigenvalue weighted by Crippen LogP contribution is 2.18. The van der Waals surface area contributed by atoms with E-state index < -0.39 is 0 Å². The first-order valence-corrected chi connectivity index (χ1v) is 9.59. The van der Waals surface area contributed by atoms with Gasteiger partial charge in [-0.05, 0) is 35.0 Å². The van der Waals surface area contributed by atoms with Crippen molar-refractivity contribution in [3.8, 4) is 11.6 Å². The van der Waals surface area contributed by atoms with Crippen molar-refractivity contribution in [2.45, 2.75) is 6.61 Å². The molecule has 0 saturated heterocycles. The van der Waals surface area contributed by atoms with E-state index in [9.17, 15) is 0 Å². The van der Waals surface area contributed by atoms with Crippen molar-refractivity contribution in [2.75, 3.05) is 20.3 Å². The van der Waals surface area contributed by atoms with Gasteiger partial charge in [0, 0.05) is 22.8 Å². The Balaban J connectivity index is 1.53. The number of hydrogen-bond donors (Lipinski definition) is 0. The van der Waals surface area contributed by atoms with E-state index in [1.54, 1.807) is 10.7 Å². The quantitative estimate of drug-likeness (QED) is 0.424. The molecule has 0 aliphatic carbocycles. The number of ether oxygens (including phenoxy) is 2. The minimum absolute atomic E-state index is 0.266. The molecule has 2 aromatic carbocycles. The summed E-state index contributed by atoms with van der Waals surface area (Å²) in [5, 5.41) is 13.1. The monoisotopic (exact) mass is 426 g/mol. The van der Waals surface area contributed by atoms with Crippen LogP contribution in [0, 0.1) is 0 Å². The maximum atomic E-state index is 5.94. The summed E-state index contributed by atoms with van der Waals surface area (Å²) in [7, 11) is 1.47. The second kappa shape index (κ2) is 9.32. The molecule has 4 rings (SSSR count). The fourth-order valence-electron chi connectivity index (χ4n) is 2.86. The Morgan fingerprint density at radius 1 is 1.13 bits per heavy atom. The molecule has 0 fully saturated rings. The van der Waals surface area contributed by atoms with Gasteiger partial charge in [-0.2, -0.15) is 0 Å². The van der Waals surface area contributed by atoms with E-state index in [-0.39, 0.29) is 12.5 Å². The van der Waals surface area contributed by atoms with Crippen LogP contribution in [0.2, 0.25) is 5.02 Å². The summed E-state index contributed by atoms with van der Waals surface area (Å²) >= 11 is 5.94. The normalized spacial score (nSPS) is 13.8. The van der Waals surface area contributed by atoms with Crippen LogP contribution in [-0.2, 0) is 21.0 Å². The molecule has 0 bridgehead atoms. The summed E-state index contributed by atoms with van der Waals surface area (Å²) in [6.45, 7) is 1.05. The van der Waals surface area contributed by atoms with Crippen molar-refractivity contribution >= 4 is 23.2 Å². The molecule has 0 radical (unpaired) electrons. The molecule has 1 aromatic heterocycles. The Morgan fingerprint density at radius 2 is 1.97 bits per heavy atom. The molecule has 0 saturated carbocycles. The highest BCUT2D eigenvalue weighted by atomic mass is 35.5. The average Bonchev–Trinajstić information content (AvgIpc) is 3.26. The summed E-state index contributed by atoms with van der Waals surface area (Å²) in [5.41, 5.74) is 2.95. The maximum absolute atomic E-state index is 5.94. The van der Waals surface area contributed by atoms with E-state index in [0.717, 1.165) is 16.8 Å². The topological polar surface area (TPSA) is 79.5 Å². The zero-order chi connectivity index (χ0) is 20.8. The number of oxime groups is 2. The number of benzene rings is 2. The van der Waals surface area contributed by atoms with Crippen molar-refractivity contribution in [2.24, 2.45) is 10.3 Å². The fourth-order valence-corrected chi connectivity index (χ4v) is 2.99. The molecule has 9 heteroatoms. The molecule has 0 unspecified atom stereocenters. The van der Waals surface area contributed by atoms with E-state index in [0.29, 0.717) is 29.8 Å². The lowest BCUT2D eigenvalue weighted by Gasteiger charge is -2.16. The molecule has 0 atom stereocenters. The summed E-state index contributed by atoms with van der Waals surface area (Å²) in [6.07, 6.45) is 1.82. The van der Waals surface area contributed by atoms with Gasteiger partial charge in [-0.1, -0.05) is 41.0 Å². The third-order valence-corrected chi connectivity index (χ3v) is 4.50. The second-order valence-corrected chi connectivity index (χ2v) is 6.66. The highest BCUT2D eigenvalue weighted by molar-refractivity contribution is 6.45. The predicted octanol–water partition coefficient (Wildman–Crippen LogP) is 3.82. The first kappa shape index (κ1) is 19.8. The van der Waals surface area contributed by atoms with Gasteiger partial charge in [-0.3, -0.25) is 0 Å². The van der Waals surface area contributed by atoms with Crippen molar-refractivity contribution < 1.29 is 19.1 Å². The Labute approximate surface area is 178 Å². The predicted molar refractivity (Wildman–Crippen MR) is 112 cm³/mol. The molecule has 0 N–H and O–H groups in total. The first-order valence-electron chi connectivity index (χ1n) is 9.21. The number of nitrogens with zero attached hydrogens (tertiary/aromatic N) is 4. The molecule has 1 aliphatic rings. The lowest BCUT2D eigenvalue weighted by molar-refractivity contribution is 0.0672. The number of hydrogen-bond acceptors (Lipinski definition) is 7. The fraction of sp³-hybridized carbons (Fsp3) is 0.190. The molecule has 0 amide bonds. The van der Waals surface area contributed by atoms with Crippen LogP contribution in [0.4, 0.5) is 0 Å². The van der Waals surface area contributed by atoms with Gasteiger partial charge in [0.2, 0.25) is 5.88 Å². The van der Waals surface area contributed by atoms with Gasteiger partial charge in [-0.15, -0.1) is 5.10 Å². The third kappa shape index (κ3) is 4.55.